The van der Waals surface area contributed by atoms with Crippen molar-refractivity contribution in [3.63, 3.8) is 0 Å². The fourth-order valence-electron chi connectivity index (χ4n) is 3.49. The summed E-state index contributed by atoms with van der Waals surface area (Å²) in [6.45, 7) is 1.66. The molecule has 2 aromatic carbocycles. The lowest BCUT2D eigenvalue weighted by Gasteiger charge is -2.40. The molecule has 2 atom stereocenters. The summed E-state index contributed by atoms with van der Waals surface area (Å²) >= 11 is 3.35. The molecule has 7 nitrogen and oxygen atoms in total. The van der Waals surface area contributed by atoms with Gasteiger partial charge >= 0.3 is 5.97 Å². The lowest BCUT2D eigenvalue weighted by molar-refractivity contribution is -0.144. The molecule has 0 radical (unpaired) electrons. The van der Waals surface area contributed by atoms with Gasteiger partial charge in [0.25, 0.3) is 0 Å². The highest BCUT2D eigenvalue weighted by molar-refractivity contribution is 9.10. The molecule has 27 heavy (non-hydrogen) atoms. The number of aliphatic carboxylic acids is 1. The minimum atomic E-state index is -1.71. The summed E-state index contributed by atoms with van der Waals surface area (Å²) in [5.74, 6) is -2.87. The highest BCUT2D eigenvalue weighted by atomic mass is 79.9. The Kier molecular flexibility index (Phi) is 4.99. The second kappa shape index (κ2) is 7.09. The first-order valence-corrected chi connectivity index (χ1v) is 8.83. The highest BCUT2D eigenvalue weighted by Gasteiger charge is 2.51. The molecule has 0 saturated carbocycles. The summed E-state index contributed by atoms with van der Waals surface area (Å²) in [5.41, 5.74) is 8.05. The number of carboxylic acid groups (broad SMARTS) is 1. The Morgan fingerprint density at radius 1 is 1.44 bits per heavy atom. The largest absolute Gasteiger partial charge is 0.497 e. The Labute approximate surface area is 162 Å². The maximum absolute atomic E-state index is 14.7. The third-order valence-electron chi connectivity index (χ3n) is 4.64. The van der Waals surface area contributed by atoms with Gasteiger partial charge < -0.3 is 14.6 Å². The highest BCUT2D eigenvalue weighted by Crippen LogP contribution is 2.55. The van der Waals surface area contributed by atoms with E-state index in [1.54, 1.807) is 25.1 Å². The van der Waals surface area contributed by atoms with E-state index < -0.39 is 23.2 Å². The van der Waals surface area contributed by atoms with Crippen molar-refractivity contribution >= 4 is 21.9 Å². The Morgan fingerprint density at radius 2 is 2.19 bits per heavy atom. The summed E-state index contributed by atoms with van der Waals surface area (Å²) in [5, 5.41) is 13.8. The molecular weight excluding hydrogens is 421 g/mol. The second-order valence-electron chi connectivity index (χ2n) is 5.98. The first-order valence-electron chi connectivity index (χ1n) is 8.04. The second-order valence-corrected chi connectivity index (χ2v) is 6.90. The van der Waals surface area contributed by atoms with Crippen molar-refractivity contribution in [2.75, 3.05) is 7.11 Å². The number of carbonyl (C=O) groups is 1. The number of hydrogen-bond donors (Lipinski definition) is 1. The molecule has 1 N–H and O–H groups in total. The molecule has 0 fully saturated rings. The van der Waals surface area contributed by atoms with Gasteiger partial charge in [0, 0.05) is 26.6 Å². The van der Waals surface area contributed by atoms with Gasteiger partial charge in [0.15, 0.2) is 11.6 Å². The van der Waals surface area contributed by atoms with Crippen molar-refractivity contribution in [2.24, 2.45) is 11.0 Å². The lowest BCUT2D eigenvalue weighted by Crippen LogP contribution is -2.41. The van der Waals surface area contributed by atoms with Crippen LogP contribution >= 0.6 is 15.9 Å². The van der Waals surface area contributed by atoms with E-state index in [0.29, 0.717) is 10.0 Å². The Bertz CT molecular complexity index is 977. The zero-order valence-electron chi connectivity index (χ0n) is 14.4. The number of ether oxygens (including phenoxy) is 2. The fraction of sp³-hybridized carbons (Fsp3) is 0.278. The smallest absolute Gasteiger partial charge is 0.307 e. The molecule has 2 aromatic rings. The number of rotatable bonds is 5. The van der Waals surface area contributed by atoms with Crippen LogP contribution in [0.1, 0.15) is 24.5 Å². The maximum Gasteiger partial charge on any atom is 0.307 e. The topological polar surface area (TPSA) is 105 Å². The van der Waals surface area contributed by atoms with E-state index in [1.165, 1.54) is 13.2 Å². The van der Waals surface area contributed by atoms with Crippen LogP contribution in [0.3, 0.4) is 0 Å². The SMILES string of the molecule is CCC(C(=O)O)C1(N=[N+]=[N-])c2cc(Br)ccc2Oc2c(F)cc(OC)cc21. The molecule has 0 spiro atoms. The van der Waals surface area contributed by atoms with Gasteiger partial charge in [-0.3, -0.25) is 4.79 Å². The Morgan fingerprint density at radius 3 is 2.78 bits per heavy atom. The third kappa shape index (κ3) is 2.89. The zero-order valence-corrected chi connectivity index (χ0v) is 16.0. The Hall–Kier alpha value is -2.77. The summed E-state index contributed by atoms with van der Waals surface area (Å²) < 4.78 is 26.2. The molecular formula is C18H15BrFN3O4. The van der Waals surface area contributed by atoms with Crippen molar-refractivity contribution in [1.29, 1.82) is 0 Å². The Balaban J connectivity index is 2.50. The number of nitrogens with zero attached hydrogens (tertiary/aromatic N) is 3. The van der Waals surface area contributed by atoms with Crippen LogP contribution < -0.4 is 9.47 Å². The fourth-order valence-corrected chi connectivity index (χ4v) is 3.85. The minimum absolute atomic E-state index is 0.108. The predicted octanol–water partition coefficient (Wildman–Crippen LogP) is 5.37. The van der Waals surface area contributed by atoms with E-state index in [0.717, 1.165) is 6.07 Å². The number of hydrogen-bond acceptors (Lipinski definition) is 4. The zero-order chi connectivity index (χ0) is 19.8. The van der Waals surface area contributed by atoms with Gasteiger partial charge in [0.1, 0.15) is 17.0 Å². The van der Waals surface area contributed by atoms with Crippen LogP contribution in [-0.4, -0.2) is 18.2 Å². The first kappa shape index (κ1) is 19.0. The number of methoxy groups -OCH3 is 1. The number of azide groups is 1. The van der Waals surface area contributed by atoms with Gasteiger partial charge in [-0.2, -0.15) is 0 Å². The van der Waals surface area contributed by atoms with Gasteiger partial charge in [-0.25, -0.2) is 4.39 Å². The van der Waals surface area contributed by atoms with Crippen LogP contribution in [0.5, 0.6) is 17.2 Å². The van der Waals surface area contributed by atoms with E-state index in [-0.39, 0.29) is 29.2 Å². The molecule has 9 heteroatoms. The average molecular weight is 436 g/mol. The van der Waals surface area contributed by atoms with Crippen LogP contribution in [0.25, 0.3) is 10.4 Å². The van der Waals surface area contributed by atoms with Crippen LogP contribution in [-0.2, 0) is 10.3 Å². The molecule has 140 valence electrons. The minimum Gasteiger partial charge on any atom is -0.497 e. The van der Waals surface area contributed by atoms with Crippen LogP contribution in [0, 0.1) is 11.7 Å². The van der Waals surface area contributed by atoms with E-state index in [2.05, 4.69) is 26.0 Å². The molecule has 1 aliphatic rings. The monoisotopic (exact) mass is 435 g/mol. The van der Waals surface area contributed by atoms with Crippen molar-refractivity contribution in [3.8, 4) is 17.2 Å². The first-order chi connectivity index (χ1) is 12.9. The molecule has 3 rings (SSSR count). The normalized spacial score (nSPS) is 18.4. The predicted molar refractivity (Wildman–Crippen MR) is 98.5 cm³/mol. The van der Waals surface area contributed by atoms with Gasteiger partial charge in [0.2, 0.25) is 0 Å². The molecule has 2 unspecified atom stereocenters. The van der Waals surface area contributed by atoms with Gasteiger partial charge in [0.05, 0.1) is 13.0 Å². The number of halogens is 2. The van der Waals surface area contributed by atoms with Gasteiger partial charge in [-0.1, -0.05) is 28.0 Å². The molecule has 0 bridgehead atoms. The summed E-state index contributed by atoms with van der Waals surface area (Å²) in [7, 11) is 1.36. The number of benzene rings is 2. The van der Waals surface area contributed by atoms with E-state index in [9.17, 15) is 19.8 Å². The van der Waals surface area contributed by atoms with Gasteiger partial charge in [-0.15, -0.1) is 0 Å². The number of carboxylic acids is 1. The molecule has 1 aliphatic heterocycles. The van der Waals surface area contributed by atoms with Crippen molar-refractivity contribution < 1.29 is 23.8 Å². The average Bonchev–Trinajstić information content (AvgIpc) is 2.63. The van der Waals surface area contributed by atoms with Gasteiger partial charge in [-0.05, 0) is 36.2 Å². The van der Waals surface area contributed by atoms with E-state index in [1.807, 2.05) is 0 Å². The summed E-state index contributed by atoms with van der Waals surface area (Å²) in [6.07, 6.45) is 0.137. The lowest BCUT2D eigenvalue weighted by atomic mass is 9.70. The van der Waals surface area contributed by atoms with E-state index >= 15 is 0 Å². The third-order valence-corrected chi connectivity index (χ3v) is 5.13. The van der Waals surface area contributed by atoms with Crippen LogP contribution in [0.15, 0.2) is 39.9 Å². The van der Waals surface area contributed by atoms with Crippen molar-refractivity contribution in [1.82, 2.24) is 0 Å². The van der Waals surface area contributed by atoms with Crippen molar-refractivity contribution in [3.05, 3.63) is 62.2 Å². The van der Waals surface area contributed by atoms with E-state index in [4.69, 9.17) is 9.47 Å². The molecule has 0 aliphatic carbocycles. The maximum atomic E-state index is 14.7. The molecule has 0 aromatic heterocycles. The number of fused-ring (bicyclic) bond motifs is 2. The van der Waals surface area contributed by atoms with Crippen molar-refractivity contribution in [2.45, 2.75) is 18.9 Å². The molecule has 0 amide bonds. The van der Waals surface area contributed by atoms with Crippen LogP contribution in [0.4, 0.5) is 4.39 Å². The van der Waals surface area contributed by atoms with Crippen LogP contribution in [0.2, 0.25) is 0 Å². The summed E-state index contributed by atoms with van der Waals surface area (Å²) in [6, 6.07) is 7.44. The quantitative estimate of drug-likeness (QED) is 0.387. The molecule has 0 saturated heterocycles. The molecule has 1 heterocycles. The summed E-state index contributed by atoms with van der Waals surface area (Å²) in [4.78, 5) is 15.0. The standard InChI is InChI=1S/C18H15BrFN3O4/c1-3-11(17(24)25)18(22-23-21)12-6-9(19)4-5-15(12)27-16-13(18)7-10(26-2)8-14(16)20/h4-8,11H,3H2,1-2H3,(H,24,25).